The van der Waals surface area contributed by atoms with Crippen LogP contribution in [-0.2, 0) is 106 Å². The van der Waals surface area contributed by atoms with Crippen LogP contribution in [0, 0.1) is 0 Å². The Hall–Kier alpha value is -6.35. The van der Waals surface area contributed by atoms with Gasteiger partial charge >= 0.3 is 31.1 Å². The SMILES string of the molecule is CC(C)OP(=O)(O)OCCCOP(=O)(O)OCCCOP(=O)(O)OCCCOP(C)(=O)OCCCCCCNC(=O)CCC(=O)N1Cc2ccccc2-c2c(nnn2CCOCCOCCOCCNC(=O)CNc2cccc3c2C(=O)N([C@@H]2CCC(=O)NC2=O)C3=O)-c2ccccc21. The van der Waals surface area contributed by atoms with Gasteiger partial charge in [0.05, 0.1) is 134 Å². The van der Waals surface area contributed by atoms with Crippen molar-refractivity contribution in [3.63, 3.8) is 0 Å². The molecule has 0 radical (unpaired) electrons. The van der Waals surface area contributed by atoms with Crippen LogP contribution in [0.5, 0.6) is 0 Å². The number of piperidine rings is 1. The number of hydrogen-bond acceptors (Lipinski definition) is 25. The van der Waals surface area contributed by atoms with Crippen LogP contribution in [-0.4, -0.2) is 200 Å². The summed E-state index contributed by atoms with van der Waals surface area (Å²) in [6.45, 7) is 5.35. The summed E-state index contributed by atoms with van der Waals surface area (Å²) < 4.78 is 107. The number of phosphoric ester groups is 3. The molecule has 0 aliphatic carbocycles. The Kier molecular flexibility index (Phi) is 32.1. The smallest absolute Gasteiger partial charge is 0.377 e. The van der Waals surface area contributed by atoms with Crippen LogP contribution in [0.4, 0.5) is 11.4 Å². The van der Waals surface area contributed by atoms with Crippen molar-refractivity contribution >= 4 is 83.8 Å². The number of para-hydroxylation sites is 1. The minimum absolute atomic E-state index is 0.00319. The lowest BCUT2D eigenvalue weighted by atomic mass is 9.95. The van der Waals surface area contributed by atoms with Crippen LogP contribution in [0.3, 0.4) is 0 Å². The molecule has 34 nitrogen and oxygen atoms in total. The molecule has 0 bridgehead atoms. The fourth-order valence-electron chi connectivity index (χ4n) is 10.2. The summed E-state index contributed by atoms with van der Waals surface area (Å²) in [5, 5.41) is 19.8. The van der Waals surface area contributed by atoms with Crippen LogP contribution in [0.25, 0.3) is 22.5 Å². The predicted molar refractivity (Wildman–Crippen MR) is 355 cm³/mol. The van der Waals surface area contributed by atoms with Crippen LogP contribution in [0.2, 0.25) is 0 Å². The maximum atomic E-state index is 14.1. The molecule has 3 aliphatic heterocycles. The van der Waals surface area contributed by atoms with Crippen LogP contribution < -0.4 is 26.2 Å². The molecule has 4 unspecified atom stereocenters. The molecule has 3 aromatic carbocycles. The molecule has 5 atom stereocenters. The molecular weight excluding hydrogens is 1380 g/mol. The highest BCUT2D eigenvalue weighted by Crippen LogP contribution is 2.48. The quantitative estimate of drug-likeness (QED) is 0.0142. The van der Waals surface area contributed by atoms with E-state index in [9.17, 15) is 66.5 Å². The molecule has 7 amide bonds. The molecule has 4 heterocycles. The summed E-state index contributed by atoms with van der Waals surface area (Å²) in [6, 6.07) is 18.6. The number of ether oxygens (including phenoxy) is 3. The molecular formula is C61H87N9O25P4. The molecule has 546 valence electrons. The Morgan fingerprint density at radius 1 is 0.606 bits per heavy atom. The summed E-state index contributed by atoms with van der Waals surface area (Å²) in [7, 11) is -16.7. The van der Waals surface area contributed by atoms with Gasteiger partial charge in [-0.2, -0.15) is 0 Å². The first-order valence-corrected chi connectivity index (χ1v) is 38.8. The molecule has 0 spiro atoms. The molecule has 38 heteroatoms. The molecule has 4 aromatic rings. The Labute approximate surface area is 572 Å². The lowest BCUT2D eigenvalue weighted by Gasteiger charge is -2.28. The highest BCUT2D eigenvalue weighted by molar-refractivity contribution is 7.53. The number of imide groups is 2. The van der Waals surface area contributed by atoms with Gasteiger partial charge in [0.2, 0.25) is 29.5 Å². The zero-order chi connectivity index (χ0) is 71.4. The number of benzene rings is 3. The van der Waals surface area contributed by atoms with Gasteiger partial charge in [-0.15, -0.1) is 5.10 Å². The fourth-order valence-corrected chi connectivity index (χ4v) is 13.8. The number of aromatic nitrogens is 3. The van der Waals surface area contributed by atoms with E-state index >= 15 is 0 Å². The number of fused-ring (bicyclic) bond motifs is 6. The van der Waals surface area contributed by atoms with Gasteiger partial charge in [0, 0.05) is 55.8 Å². The van der Waals surface area contributed by atoms with Crippen molar-refractivity contribution in [2.45, 2.75) is 110 Å². The van der Waals surface area contributed by atoms with Gasteiger partial charge in [0.15, 0.2) is 0 Å². The first-order chi connectivity index (χ1) is 47.3. The van der Waals surface area contributed by atoms with Crippen molar-refractivity contribution in [1.82, 2.24) is 35.8 Å². The Bertz CT molecular complexity index is 3600. The van der Waals surface area contributed by atoms with Gasteiger partial charge < -0.3 is 58.8 Å². The number of unbranched alkanes of at least 4 members (excludes halogenated alkanes) is 3. The third kappa shape index (κ3) is 26.2. The maximum absolute atomic E-state index is 14.1. The van der Waals surface area contributed by atoms with Crippen molar-refractivity contribution in [1.29, 1.82) is 0 Å². The summed E-state index contributed by atoms with van der Waals surface area (Å²) in [4.78, 5) is 122. The van der Waals surface area contributed by atoms with Gasteiger partial charge in [-0.1, -0.05) is 66.6 Å². The lowest BCUT2D eigenvalue weighted by molar-refractivity contribution is -0.136. The average Bonchev–Trinajstić information content (AvgIpc) is 1.69. The second kappa shape index (κ2) is 39.7. The molecule has 1 fully saturated rings. The summed E-state index contributed by atoms with van der Waals surface area (Å²) >= 11 is 0. The highest BCUT2D eigenvalue weighted by Gasteiger charge is 2.46. The average molecular weight is 1470 g/mol. The number of carbonyl (C=O) groups is 7. The van der Waals surface area contributed by atoms with Crippen LogP contribution >= 0.6 is 31.1 Å². The van der Waals surface area contributed by atoms with Crippen LogP contribution in [0.1, 0.15) is 111 Å². The highest BCUT2D eigenvalue weighted by atomic mass is 31.2. The van der Waals surface area contributed by atoms with Crippen LogP contribution in [0.15, 0.2) is 66.7 Å². The van der Waals surface area contributed by atoms with E-state index in [0.717, 1.165) is 28.1 Å². The number of phosphoric acid groups is 3. The normalized spacial score (nSPS) is 16.9. The van der Waals surface area contributed by atoms with Gasteiger partial charge in [-0.25, -0.2) is 18.4 Å². The second-order valence-corrected chi connectivity index (χ2v) is 29.2. The number of nitrogens with one attached hydrogen (secondary N) is 4. The predicted octanol–water partition coefficient (Wildman–Crippen LogP) is 6.43. The van der Waals surface area contributed by atoms with E-state index in [2.05, 4.69) is 31.6 Å². The third-order valence-electron chi connectivity index (χ3n) is 14.8. The largest absolute Gasteiger partial charge is 0.472 e. The topological polar surface area (TPSA) is 435 Å². The van der Waals surface area contributed by atoms with Crippen molar-refractivity contribution in [3.8, 4) is 22.5 Å². The number of carbonyl (C=O) groups excluding carboxylic acids is 7. The van der Waals surface area contributed by atoms with E-state index in [4.69, 9.17) is 50.4 Å². The minimum Gasteiger partial charge on any atom is -0.377 e. The monoisotopic (exact) mass is 1470 g/mol. The molecule has 1 aromatic heterocycles. The molecule has 7 N–H and O–H groups in total. The third-order valence-corrected chi connectivity index (χ3v) is 19.4. The zero-order valence-corrected chi connectivity index (χ0v) is 58.9. The Morgan fingerprint density at radius 2 is 1.17 bits per heavy atom. The Balaban J connectivity index is 0.705. The number of nitrogens with zero attached hydrogens (tertiary/aromatic N) is 5. The van der Waals surface area contributed by atoms with E-state index in [1.54, 1.807) is 35.6 Å². The number of hydrogen-bond donors (Lipinski definition) is 7. The van der Waals surface area contributed by atoms with E-state index < -0.39 is 66.8 Å². The molecule has 7 rings (SSSR count). The Morgan fingerprint density at radius 3 is 1.83 bits per heavy atom. The van der Waals surface area contributed by atoms with Gasteiger partial charge in [-0.05, 0) is 76.1 Å². The van der Waals surface area contributed by atoms with E-state index in [1.807, 2.05) is 48.5 Å². The number of amides is 7. The molecule has 1 saturated heterocycles. The number of rotatable bonds is 47. The molecule has 0 saturated carbocycles. The lowest BCUT2D eigenvalue weighted by Crippen LogP contribution is -2.54. The fraction of sp³-hybridized carbons (Fsp3) is 0.557. The standard InChI is InChI=1S/C61H87N9O25P4/c1-44(2)95-99(83,84)94-35-15-34-93-98(81,82)92-33-14-32-91-97(79,80)90-31-13-30-89-96(3,78)88-29-11-5-4-10-26-62-52(71)24-25-55(74)68-43-45-16-6-7-17-46(45)58-57(47-18-8-9-21-50(47)68)66-67-69(58)28-37-86-39-41-87-40-38-85-36-27-63-54(73)42-64-49-20-12-19-48-56(49)61(77)70(60(48)76)51-22-23-53(72)65-59(51)75/h6-9,12,16-21,44,51,64H,4-5,10-11,13-15,22-43H2,1-3H3,(H,62,71)(H,63,73)(H,79,80)(H,81,82)(H,83,84)(H,65,72,75)/t51-,96?/m1/s1. The maximum Gasteiger partial charge on any atom is 0.472 e. The van der Waals surface area contributed by atoms with E-state index in [1.165, 1.54) is 12.7 Å². The van der Waals surface area contributed by atoms with Gasteiger partial charge in [0.1, 0.15) is 11.7 Å². The van der Waals surface area contributed by atoms with Crippen molar-refractivity contribution in [3.05, 3.63) is 83.4 Å². The molecule has 3 aliphatic rings. The van der Waals surface area contributed by atoms with E-state index in [0.29, 0.717) is 69.1 Å². The van der Waals surface area contributed by atoms with Crippen molar-refractivity contribution in [2.24, 2.45) is 0 Å². The second-order valence-electron chi connectivity index (χ2n) is 22.9. The molecule has 99 heavy (non-hydrogen) atoms. The van der Waals surface area contributed by atoms with Crippen molar-refractivity contribution in [2.75, 3.05) is 122 Å². The first-order valence-electron chi connectivity index (χ1n) is 32.4. The minimum atomic E-state index is -4.51. The van der Waals surface area contributed by atoms with Crippen molar-refractivity contribution < 1.29 is 117 Å². The summed E-state index contributed by atoms with van der Waals surface area (Å²) in [5.74, 6) is -3.42. The summed E-state index contributed by atoms with van der Waals surface area (Å²) in [6.07, 6.45) is 2.01. The zero-order valence-electron chi connectivity index (χ0n) is 55.4. The number of anilines is 2. The van der Waals surface area contributed by atoms with E-state index in [-0.39, 0.29) is 165 Å². The van der Waals surface area contributed by atoms with Gasteiger partial charge in [0.25, 0.3) is 11.8 Å². The van der Waals surface area contributed by atoms with Gasteiger partial charge in [-0.3, -0.25) is 75.5 Å². The first kappa shape index (κ1) is 80.0. The summed E-state index contributed by atoms with van der Waals surface area (Å²) in [5.41, 5.74) is 4.77.